The van der Waals surface area contributed by atoms with E-state index in [4.69, 9.17) is 5.73 Å². The van der Waals surface area contributed by atoms with Crippen LogP contribution in [0.4, 0.5) is 0 Å². The van der Waals surface area contributed by atoms with Crippen LogP contribution in [0.25, 0.3) is 0 Å². The summed E-state index contributed by atoms with van der Waals surface area (Å²) in [5.41, 5.74) is 4.67. The predicted molar refractivity (Wildman–Crippen MR) is 64.3 cm³/mol. The SMILES string of the molecule is CCc1nsc(SCCC(C)(O)CN)n1. The molecule has 0 aliphatic heterocycles. The lowest BCUT2D eigenvalue weighted by molar-refractivity contribution is 0.0665. The topological polar surface area (TPSA) is 72.0 Å². The van der Waals surface area contributed by atoms with Crippen molar-refractivity contribution in [2.24, 2.45) is 5.73 Å². The van der Waals surface area contributed by atoms with Crippen LogP contribution in [0.2, 0.25) is 0 Å². The number of thioether (sulfide) groups is 1. The fourth-order valence-electron chi connectivity index (χ4n) is 0.900. The zero-order valence-electron chi connectivity index (χ0n) is 9.06. The van der Waals surface area contributed by atoms with Crippen molar-refractivity contribution in [3.05, 3.63) is 5.82 Å². The Kier molecular flexibility index (Phi) is 4.98. The lowest BCUT2D eigenvalue weighted by Gasteiger charge is -2.19. The quantitative estimate of drug-likeness (QED) is 0.741. The van der Waals surface area contributed by atoms with Gasteiger partial charge in [0.25, 0.3) is 0 Å². The number of aryl methyl sites for hydroxylation is 1. The standard InChI is InChI=1S/C9H17N3OS2/c1-3-7-11-8(15-12-7)14-5-4-9(2,13)6-10/h13H,3-6,10H2,1-2H3. The number of nitrogens with zero attached hydrogens (tertiary/aromatic N) is 2. The molecule has 0 spiro atoms. The third kappa shape index (κ3) is 4.46. The minimum absolute atomic E-state index is 0.296. The van der Waals surface area contributed by atoms with E-state index in [0.29, 0.717) is 13.0 Å². The van der Waals surface area contributed by atoms with E-state index >= 15 is 0 Å². The second-order valence-electron chi connectivity index (χ2n) is 3.63. The maximum Gasteiger partial charge on any atom is 0.170 e. The molecule has 15 heavy (non-hydrogen) atoms. The van der Waals surface area contributed by atoms with E-state index in [-0.39, 0.29) is 0 Å². The number of nitrogens with two attached hydrogens (primary N) is 1. The normalized spacial score (nSPS) is 15.2. The molecule has 0 saturated carbocycles. The van der Waals surface area contributed by atoms with E-state index in [1.807, 2.05) is 6.92 Å². The summed E-state index contributed by atoms with van der Waals surface area (Å²) in [7, 11) is 0. The minimum atomic E-state index is -0.759. The summed E-state index contributed by atoms with van der Waals surface area (Å²) in [5.74, 6) is 1.72. The molecule has 0 fully saturated rings. The van der Waals surface area contributed by atoms with Gasteiger partial charge in [0.15, 0.2) is 4.34 Å². The molecule has 1 rings (SSSR count). The second-order valence-corrected chi connectivity index (χ2v) is 5.72. The predicted octanol–water partition coefficient (Wildman–Crippen LogP) is 1.29. The van der Waals surface area contributed by atoms with Crippen molar-refractivity contribution in [3.63, 3.8) is 0 Å². The highest BCUT2D eigenvalue weighted by molar-refractivity contribution is 8.00. The zero-order chi connectivity index (χ0) is 11.3. The van der Waals surface area contributed by atoms with E-state index in [1.165, 1.54) is 11.5 Å². The van der Waals surface area contributed by atoms with Gasteiger partial charge in [-0.1, -0.05) is 18.7 Å². The van der Waals surface area contributed by atoms with Crippen LogP contribution in [0.3, 0.4) is 0 Å². The fourth-order valence-corrected chi connectivity index (χ4v) is 2.86. The first-order chi connectivity index (χ1) is 7.07. The summed E-state index contributed by atoms with van der Waals surface area (Å²) < 4.78 is 5.16. The maximum absolute atomic E-state index is 9.68. The van der Waals surface area contributed by atoms with Crippen molar-refractivity contribution in [1.29, 1.82) is 0 Å². The molecule has 1 atom stereocenters. The molecule has 1 aromatic rings. The average Bonchev–Trinajstić information content (AvgIpc) is 2.66. The molecular weight excluding hydrogens is 230 g/mol. The maximum atomic E-state index is 9.68. The highest BCUT2D eigenvalue weighted by Crippen LogP contribution is 2.23. The Bertz CT molecular complexity index is 301. The van der Waals surface area contributed by atoms with Gasteiger partial charge < -0.3 is 10.8 Å². The smallest absolute Gasteiger partial charge is 0.170 e. The molecule has 0 saturated heterocycles. The van der Waals surface area contributed by atoms with Gasteiger partial charge >= 0.3 is 0 Å². The van der Waals surface area contributed by atoms with Crippen molar-refractivity contribution in [2.45, 2.75) is 36.6 Å². The van der Waals surface area contributed by atoms with Gasteiger partial charge in [-0.15, -0.1) is 0 Å². The molecular formula is C9H17N3OS2. The molecule has 1 heterocycles. The number of hydrogen-bond acceptors (Lipinski definition) is 6. The molecule has 1 aromatic heterocycles. The minimum Gasteiger partial charge on any atom is -0.389 e. The van der Waals surface area contributed by atoms with E-state index in [2.05, 4.69) is 9.36 Å². The van der Waals surface area contributed by atoms with Crippen LogP contribution in [-0.2, 0) is 6.42 Å². The van der Waals surface area contributed by atoms with Gasteiger partial charge in [-0.25, -0.2) is 4.98 Å². The lowest BCUT2D eigenvalue weighted by atomic mass is 10.1. The first-order valence-corrected chi connectivity index (χ1v) is 6.71. The Labute approximate surface area is 98.5 Å². The third-order valence-electron chi connectivity index (χ3n) is 2.07. The molecule has 3 N–H and O–H groups in total. The van der Waals surface area contributed by atoms with Gasteiger partial charge in [0.1, 0.15) is 5.82 Å². The van der Waals surface area contributed by atoms with E-state index in [9.17, 15) is 5.11 Å². The zero-order valence-corrected chi connectivity index (χ0v) is 10.7. The molecule has 0 radical (unpaired) electrons. The van der Waals surface area contributed by atoms with Crippen LogP contribution in [-0.4, -0.2) is 32.4 Å². The van der Waals surface area contributed by atoms with Gasteiger partial charge in [0.2, 0.25) is 0 Å². The Hall–Kier alpha value is -0.170. The molecule has 0 aliphatic carbocycles. The number of rotatable bonds is 6. The van der Waals surface area contributed by atoms with Crippen LogP contribution in [0, 0.1) is 0 Å². The number of hydrogen-bond donors (Lipinski definition) is 2. The molecule has 0 amide bonds. The molecule has 6 heteroatoms. The van der Waals surface area contributed by atoms with Gasteiger partial charge in [-0.3, -0.25) is 0 Å². The molecule has 0 aromatic carbocycles. The first-order valence-electron chi connectivity index (χ1n) is 4.95. The highest BCUT2D eigenvalue weighted by atomic mass is 32.2. The summed E-state index contributed by atoms with van der Waals surface area (Å²) in [6, 6.07) is 0. The summed E-state index contributed by atoms with van der Waals surface area (Å²) in [6.07, 6.45) is 1.55. The van der Waals surface area contributed by atoms with Crippen molar-refractivity contribution in [2.75, 3.05) is 12.3 Å². The Morgan fingerprint density at radius 2 is 2.33 bits per heavy atom. The Morgan fingerprint density at radius 1 is 1.60 bits per heavy atom. The van der Waals surface area contributed by atoms with Crippen molar-refractivity contribution in [3.8, 4) is 0 Å². The number of aliphatic hydroxyl groups is 1. The first kappa shape index (κ1) is 12.9. The lowest BCUT2D eigenvalue weighted by Crippen LogP contribution is -2.34. The van der Waals surface area contributed by atoms with Crippen molar-refractivity contribution in [1.82, 2.24) is 9.36 Å². The Morgan fingerprint density at radius 3 is 2.87 bits per heavy atom. The monoisotopic (exact) mass is 247 g/mol. The van der Waals surface area contributed by atoms with Crippen molar-refractivity contribution < 1.29 is 5.11 Å². The van der Waals surface area contributed by atoms with Crippen LogP contribution >= 0.6 is 23.3 Å². The molecule has 0 aliphatic rings. The van der Waals surface area contributed by atoms with E-state index in [1.54, 1.807) is 18.7 Å². The van der Waals surface area contributed by atoms with Gasteiger partial charge in [-0.2, -0.15) is 4.37 Å². The summed E-state index contributed by atoms with van der Waals surface area (Å²) in [6.45, 7) is 4.09. The van der Waals surface area contributed by atoms with Crippen molar-refractivity contribution >= 4 is 23.3 Å². The van der Waals surface area contributed by atoms with Crippen LogP contribution in [0.5, 0.6) is 0 Å². The van der Waals surface area contributed by atoms with Gasteiger partial charge in [-0.05, 0) is 24.9 Å². The van der Waals surface area contributed by atoms with Crippen LogP contribution in [0.1, 0.15) is 26.1 Å². The average molecular weight is 247 g/mol. The number of aromatic nitrogens is 2. The summed E-state index contributed by atoms with van der Waals surface area (Å²) in [4.78, 5) is 4.33. The Balaban J connectivity index is 2.31. The van der Waals surface area contributed by atoms with Crippen LogP contribution < -0.4 is 5.73 Å². The molecule has 4 nitrogen and oxygen atoms in total. The summed E-state index contributed by atoms with van der Waals surface area (Å²) >= 11 is 3.05. The largest absolute Gasteiger partial charge is 0.389 e. The second kappa shape index (κ2) is 5.79. The van der Waals surface area contributed by atoms with E-state index in [0.717, 1.165) is 22.3 Å². The van der Waals surface area contributed by atoms with E-state index < -0.39 is 5.60 Å². The fraction of sp³-hybridized carbons (Fsp3) is 0.778. The third-order valence-corrected chi connectivity index (χ3v) is 3.94. The highest BCUT2D eigenvalue weighted by Gasteiger charge is 2.17. The van der Waals surface area contributed by atoms with Gasteiger partial charge in [0, 0.05) is 18.7 Å². The van der Waals surface area contributed by atoms with Crippen LogP contribution in [0.15, 0.2) is 4.34 Å². The summed E-state index contributed by atoms with van der Waals surface area (Å²) in [5, 5.41) is 9.68. The molecule has 1 unspecified atom stereocenters. The molecule has 86 valence electrons. The molecule has 0 bridgehead atoms. The van der Waals surface area contributed by atoms with Gasteiger partial charge in [0.05, 0.1) is 5.60 Å².